The van der Waals surface area contributed by atoms with Gasteiger partial charge in [0.15, 0.2) is 0 Å². The van der Waals surface area contributed by atoms with E-state index >= 15 is 0 Å². The fourth-order valence-electron chi connectivity index (χ4n) is 1.85. The van der Waals surface area contributed by atoms with Crippen LogP contribution in [0.2, 0.25) is 0 Å². The number of likely N-dealkylation sites (N-methyl/N-ethyl adjacent to an activating group) is 1. The standard InChI is InChI=1S/C17H25FN2O3/c1-6-20(16(22)23-17(3,4)5)10-9-19-15(21)13-8-7-12(2)14(18)11-13/h7-8,11H,6,9-10H2,1-5H3,(H,19,21). The minimum atomic E-state index is -0.562. The zero-order chi connectivity index (χ0) is 17.6. The number of benzene rings is 1. The molecule has 0 aromatic heterocycles. The third kappa shape index (κ3) is 6.26. The van der Waals surface area contributed by atoms with Crippen molar-refractivity contribution in [3.8, 4) is 0 Å². The van der Waals surface area contributed by atoms with Crippen LogP contribution in [0.15, 0.2) is 18.2 Å². The molecule has 0 radical (unpaired) electrons. The van der Waals surface area contributed by atoms with E-state index in [9.17, 15) is 14.0 Å². The molecule has 1 rings (SSSR count). The first kappa shape index (κ1) is 18.9. The SMILES string of the molecule is CCN(CCNC(=O)c1ccc(C)c(F)c1)C(=O)OC(C)(C)C. The van der Waals surface area contributed by atoms with Crippen LogP contribution in [0.3, 0.4) is 0 Å². The molecule has 0 bridgehead atoms. The largest absolute Gasteiger partial charge is 0.444 e. The van der Waals surface area contributed by atoms with Gasteiger partial charge in [0, 0.05) is 25.2 Å². The zero-order valence-electron chi connectivity index (χ0n) is 14.4. The summed E-state index contributed by atoms with van der Waals surface area (Å²) in [4.78, 5) is 25.4. The van der Waals surface area contributed by atoms with Crippen LogP contribution < -0.4 is 5.32 Å². The summed E-state index contributed by atoms with van der Waals surface area (Å²) < 4.78 is 18.7. The number of halogens is 1. The van der Waals surface area contributed by atoms with Gasteiger partial charge < -0.3 is 15.0 Å². The van der Waals surface area contributed by atoms with Gasteiger partial charge in [-0.15, -0.1) is 0 Å². The molecule has 0 aliphatic heterocycles. The predicted molar refractivity (Wildman–Crippen MR) is 87.0 cm³/mol. The lowest BCUT2D eigenvalue weighted by Gasteiger charge is -2.26. The summed E-state index contributed by atoms with van der Waals surface area (Å²) in [7, 11) is 0. The fraction of sp³-hybridized carbons (Fsp3) is 0.529. The van der Waals surface area contributed by atoms with Crippen LogP contribution in [0, 0.1) is 12.7 Å². The van der Waals surface area contributed by atoms with Crippen LogP contribution in [-0.4, -0.2) is 42.1 Å². The molecule has 0 atom stereocenters. The van der Waals surface area contributed by atoms with E-state index in [0.29, 0.717) is 18.7 Å². The number of hydrogen-bond donors (Lipinski definition) is 1. The molecule has 0 heterocycles. The number of ether oxygens (including phenoxy) is 1. The van der Waals surface area contributed by atoms with Crippen molar-refractivity contribution in [1.82, 2.24) is 10.2 Å². The molecule has 2 amide bonds. The highest BCUT2D eigenvalue weighted by Crippen LogP contribution is 2.10. The Balaban J connectivity index is 2.52. The fourth-order valence-corrected chi connectivity index (χ4v) is 1.85. The number of nitrogens with zero attached hydrogens (tertiary/aromatic N) is 1. The Morgan fingerprint density at radius 2 is 1.96 bits per heavy atom. The number of aryl methyl sites for hydroxylation is 1. The van der Waals surface area contributed by atoms with Crippen molar-refractivity contribution in [2.45, 2.75) is 40.2 Å². The number of carbonyl (C=O) groups is 2. The number of carbonyl (C=O) groups excluding carboxylic acids is 2. The Morgan fingerprint density at radius 3 is 2.48 bits per heavy atom. The summed E-state index contributed by atoms with van der Waals surface area (Å²) in [5.74, 6) is -0.786. The van der Waals surface area contributed by atoms with Crippen LogP contribution in [0.25, 0.3) is 0 Å². The van der Waals surface area contributed by atoms with E-state index in [1.807, 2.05) is 6.92 Å². The highest BCUT2D eigenvalue weighted by Gasteiger charge is 2.21. The molecule has 0 aliphatic carbocycles. The van der Waals surface area contributed by atoms with Gasteiger partial charge in [-0.05, 0) is 52.3 Å². The molecule has 1 aromatic rings. The first-order valence-electron chi connectivity index (χ1n) is 7.66. The Bertz CT molecular complexity index is 567. The summed E-state index contributed by atoms with van der Waals surface area (Å²) in [6.45, 7) is 9.93. The van der Waals surface area contributed by atoms with Crippen molar-refractivity contribution in [1.29, 1.82) is 0 Å². The molecule has 6 heteroatoms. The molecule has 23 heavy (non-hydrogen) atoms. The summed E-state index contributed by atoms with van der Waals surface area (Å²) in [5, 5.41) is 2.67. The molecule has 0 saturated carbocycles. The molecule has 5 nitrogen and oxygen atoms in total. The molecule has 128 valence electrons. The van der Waals surface area contributed by atoms with Crippen LogP contribution in [-0.2, 0) is 4.74 Å². The molecule has 0 fully saturated rings. The van der Waals surface area contributed by atoms with Gasteiger partial charge in [-0.2, -0.15) is 0 Å². The average Bonchev–Trinajstić information content (AvgIpc) is 2.44. The topological polar surface area (TPSA) is 58.6 Å². The minimum Gasteiger partial charge on any atom is -0.444 e. The van der Waals surface area contributed by atoms with Crippen molar-refractivity contribution < 1.29 is 18.7 Å². The Morgan fingerprint density at radius 1 is 1.30 bits per heavy atom. The number of nitrogens with one attached hydrogen (secondary N) is 1. The second kappa shape index (κ2) is 7.94. The van der Waals surface area contributed by atoms with Crippen LogP contribution in [0.4, 0.5) is 9.18 Å². The number of amides is 2. The third-order valence-electron chi connectivity index (χ3n) is 3.13. The maximum Gasteiger partial charge on any atom is 0.410 e. The smallest absolute Gasteiger partial charge is 0.410 e. The van der Waals surface area contributed by atoms with E-state index in [1.54, 1.807) is 39.8 Å². The van der Waals surface area contributed by atoms with Gasteiger partial charge in [-0.3, -0.25) is 4.79 Å². The van der Waals surface area contributed by atoms with Gasteiger partial charge in [0.05, 0.1) is 0 Å². The summed E-state index contributed by atoms with van der Waals surface area (Å²) in [6.07, 6.45) is -0.421. The van der Waals surface area contributed by atoms with Gasteiger partial charge in [-0.25, -0.2) is 9.18 Å². The molecule has 0 spiro atoms. The number of hydrogen-bond acceptors (Lipinski definition) is 3. The number of rotatable bonds is 5. The monoisotopic (exact) mass is 324 g/mol. The highest BCUT2D eigenvalue weighted by atomic mass is 19.1. The third-order valence-corrected chi connectivity index (χ3v) is 3.13. The molecule has 0 unspecified atom stereocenters. The second-order valence-corrected chi connectivity index (χ2v) is 6.28. The maximum absolute atomic E-state index is 13.5. The van der Waals surface area contributed by atoms with Crippen molar-refractivity contribution >= 4 is 12.0 Å². The van der Waals surface area contributed by atoms with E-state index in [4.69, 9.17) is 4.74 Å². The van der Waals surface area contributed by atoms with Crippen molar-refractivity contribution in [3.05, 3.63) is 35.1 Å². The lowest BCUT2D eigenvalue weighted by atomic mass is 10.1. The average molecular weight is 324 g/mol. The molecule has 1 N–H and O–H groups in total. The van der Waals surface area contributed by atoms with E-state index in [1.165, 1.54) is 11.0 Å². The van der Waals surface area contributed by atoms with E-state index in [0.717, 1.165) is 0 Å². The Kier molecular flexibility index (Phi) is 6.54. The van der Waals surface area contributed by atoms with Crippen LogP contribution in [0.1, 0.15) is 43.6 Å². The van der Waals surface area contributed by atoms with E-state index in [-0.39, 0.29) is 18.0 Å². The molecule has 1 aromatic carbocycles. The van der Waals surface area contributed by atoms with Gasteiger partial charge in [-0.1, -0.05) is 6.07 Å². The van der Waals surface area contributed by atoms with Crippen LogP contribution in [0.5, 0.6) is 0 Å². The van der Waals surface area contributed by atoms with E-state index < -0.39 is 17.5 Å². The molecular weight excluding hydrogens is 299 g/mol. The highest BCUT2D eigenvalue weighted by molar-refractivity contribution is 5.94. The first-order valence-corrected chi connectivity index (χ1v) is 7.66. The lowest BCUT2D eigenvalue weighted by Crippen LogP contribution is -2.41. The van der Waals surface area contributed by atoms with Gasteiger partial charge in [0.1, 0.15) is 11.4 Å². The van der Waals surface area contributed by atoms with Crippen LogP contribution >= 0.6 is 0 Å². The zero-order valence-corrected chi connectivity index (χ0v) is 14.4. The van der Waals surface area contributed by atoms with Gasteiger partial charge >= 0.3 is 6.09 Å². The molecular formula is C17H25FN2O3. The van der Waals surface area contributed by atoms with E-state index in [2.05, 4.69) is 5.32 Å². The second-order valence-electron chi connectivity index (χ2n) is 6.28. The van der Waals surface area contributed by atoms with Gasteiger partial charge in [0.2, 0.25) is 0 Å². The molecule has 0 saturated heterocycles. The van der Waals surface area contributed by atoms with Crippen molar-refractivity contribution in [2.75, 3.05) is 19.6 Å². The van der Waals surface area contributed by atoms with Crippen molar-refractivity contribution in [2.24, 2.45) is 0 Å². The summed E-state index contributed by atoms with van der Waals surface area (Å²) >= 11 is 0. The van der Waals surface area contributed by atoms with Crippen molar-refractivity contribution in [3.63, 3.8) is 0 Å². The molecule has 0 aliphatic rings. The maximum atomic E-state index is 13.5. The van der Waals surface area contributed by atoms with Gasteiger partial charge in [0.25, 0.3) is 5.91 Å². The summed E-state index contributed by atoms with van der Waals surface area (Å²) in [5.41, 5.74) is 0.185. The quantitative estimate of drug-likeness (QED) is 0.905. The predicted octanol–water partition coefficient (Wildman–Crippen LogP) is 3.12. The lowest BCUT2D eigenvalue weighted by molar-refractivity contribution is 0.0261. The summed E-state index contributed by atoms with van der Waals surface area (Å²) in [6, 6.07) is 4.33. The normalized spacial score (nSPS) is 11.0. The minimum absolute atomic E-state index is 0.258. The first-order chi connectivity index (χ1) is 10.6. The Hall–Kier alpha value is -2.11. The Labute approximate surface area is 136 Å².